The SMILES string of the molecule is CC(CO)Cc1ccccc1CCO. The molecule has 0 aliphatic carbocycles. The molecule has 14 heavy (non-hydrogen) atoms. The zero-order valence-electron chi connectivity index (χ0n) is 8.61. The highest BCUT2D eigenvalue weighted by Gasteiger charge is 2.05. The minimum atomic E-state index is 0.185. The molecular formula is C12H18O2. The van der Waals surface area contributed by atoms with Gasteiger partial charge in [-0.05, 0) is 29.9 Å². The van der Waals surface area contributed by atoms with Gasteiger partial charge in [-0.25, -0.2) is 0 Å². The average Bonchev–Trinajstić information content (AvgIpc) is 2.21. The summed E-state index contributed by atoms with van der Waals surface area (Å²) < 4.78 is 0. The Labute approximate surface area is 85.2 Å². The number of hydrogen-bond acceptors (Lipinski definition) is 2. The van der Waals surface area contributed by atoms with Crippen molar-refractivity contribution in [1.82, 2.24) is 0 Å². The summed E-state index contributed by atoms with van der Waals surface area (Å²) in [6, 6.07) is 8.09. The lowest BCUT2D eigenvalue weighted by atomic mass is 9.96. The molecule has 1 unspecified atom stereocenters. The van der Waals surface area contributed by atoms with Gasteiger partial charge in [0.1, 0.15) is 0 Å². The second-order valence-electron chi connectivity index (χ2n) is 3.73. The summed E-state index contributed by atoms with van der Waals surface area (Å²) in [4.78, 5) is 0. The van der Waals surface area contributed by atoms with Crippen LogP contribution in [0.3, 0.4) is 0 Å². The molecule has 78 valence electrons. The third-order valence-corrected chi connectivity index (χ3v) is 2.38. The molecule has 2 nitrogen and oxygen atoms in total. The molecule has 0 heterocycles. The number of aliphatic hydroxyl groups is 2. The standard InChI is InChI=1S/C12H18O2/c1-10(9-14)8-12-5-3-2-4-11(12)6-7-13/h2-5,10,13-14H,6-9H2,1H3. The topological polar surface area (TPSA) is 40.5 Å². The van der Waals surface area contributed by atoms with E-state index in [0.717, 1.165) is 6.42 Å². The molecule has 0 saturated heterocycles. The van der Waals surface area contributed by atoms with Crippen molar-refractivity contribution in [2.75, 3.05) is 13.2 Å². The Morgan fingerprint density at radius 2 is 1.79 bits per heavy atom. The van der Waals surface area contributed by atoms with Gasteiger partial charge in [0.25, 0.3) is 0 Å². The van der Waals surface area contributed by atoms with Gasteiger partial charge in [-0.15, -0.1) is 0 Å². The molecule has 0 spiro atoms. The van der Waals surface area contributed by atoms with E-state index < -0.39 is 0 Å². The fourth-order valence-electron chi connectivity index (χ4n) is 1.56. The lowest BCUT2D eigenvalue weighted by Gasteiger charge is -2.11. The molecule has 0 aliphatic heterocycles. The normalized spacial score (nSPS) is 12.8. The molecule has 0 amide bonds. The van der Waals surface area contributed by atoms with Crippen LogP contribution in [0.5, 0.6) is 0 Å². The van der Waals surface area contributed by atoms with Crippen LogP contribution < -0.4 is 0 Å². The monoisotopic (exact) mass is 194 g/mol. The fraction of sp³-hybridized carbons (Fsp3) is 0.500. The van der Waals surface area contributed by atoms with Crippen molar-refractivity contribution in [3.8, 4) is 0 Å². The Morgan fingerprint density at radius 1 is 1.14 bits per heavy atom. The van der Waals surface area contributed by atoms with Gasteiger partial charge in [-0.2, -0.15) is 0 Å². The molecule has 0 aromatic heterocycles. The third kappa shape index (κ3) is 3.13. The van der Waals surface area contributed by atoms with Crippen molar-refractivity contribution >= 4 is 0 Å². The van der Waals surface area contributed by atoms with E-state index in [-0.39, 0.29) is 19.1 Å². The summed E-state index contributed by atoms with van der Waals surface area (Å²) in [6.07, 6.45) is 1.58. The molecule has 0 radical (unpaired) electrons. The second kappa shape index (κ2) is 5.78. The predicted molar refractivity (Wildman–Crippen MR) is 57.2 cm³/mol. The minimum absolute atomic E-state index is 0.185. The molecular weight excluding hydrogens is 176 g/mol. The molecule has 1 atom stereocenters. The van der Waals surface area contributed by atoms with Crippen LogP contribution in [0.2, 0.25) is 0 Å². The smallest absolute Gasteiger partial charge is 0.0471 e. The van der Waals surface area contributed by atoms with Crippen molar-refractivity contribution in [3.63, 3.8) is 0 Å². The largest absolute Gasteiger partial charge is 0.396 e. The van der Waals surface area contributed by atoms with Gasteiger partial charge in [0.15, 0.2) is 0 Å². The number of aliphatic hydroxyl groups excluding tert-OH is 2. The lowest BCUT2D eigenvalue weighted by molar-refractivity contribution is 0.236. The van der Waals surface area contributed by atoms with Crippen LogP contribution in [0.1, 0.15) is 18.1 Å². The maximum absolute atomic E-state index is 8.97. The van der Waals surface area contributed by atoms with Gasteiger partial charge in [0, 0.05) is 13.2 Å². The van der Waals surface area contributed by atoms with Crippen LogP contribution in [-0.4, -0.2) is 23.4 Å². The van der Waals surface area contributed by atoms with E-state index in [4.69, 9.17) is 10.2 Å². The first-order chi connectivity index (χ1) is 6.77. The second-order valence-corrected chi connectivity index (χ2v) is 3.73. The zero-order valence-corrected chi connectivity index (χ0v) is 8.61. The molecule has 0 aliphatic rings. The van der Waals surface area contributed by atoms with Crippen LogP contribution in [0.25, 0.3) is 0 Å². The Balaban J connectivity index is 2.73. The van der Waals surface area contributed by atoms with Crippen LogP contribution in [-0.2, 0) is 12.8 Å². The highest BCUT2D eigenvalue weighted by Crippen LogP contribution is 2.14. The van der Waals surface area contributed by atoms with Gasteiger partial charge in [-0.1, -0.05) is 31.2 Å². The van der Waals surface area contributed by atoms with Gasteiger partial charge in [0.05, 0.1) is 0 Å². The molecule has 2 heteroatoms. The lowest BCUT2D eigenvalue weighted by Crippen LogP contribution is -2.07. The zero-order chi connectivity index (χ0) is 10.4. The van der Waals surface area contributed by atoms with E-state index in [2.05, 4.69) is 6.07 Å². The van der Waals surface area contributed by atoms with Crippen molar-refractivity contribution < 1.29 is 10.2 Å². The molecule has 0 saturated carbocycles. The molecule has 1 aromatic carbocycles. The molecule has 0 fully saturated rings. The Bertz CT molecular complexity index is 271. The highest BCUT2D eigenvalue weighted by atomic mass is 16.3. The molecule has 1 rings (SSSR count). The summed E-state index contributed by atoms with van der Waals surface area (Å²) >= 11 is 0. The van der Waals surface area contributed by atoms with E-state index in [1.165, 1.54) is 11.1 Å². The van der Waals surface area contributed by atoms with Crippen molar-refractivity contribution in [1.29, 1.82) is 0 Å². The van der Waals surface area contributed by atoms with Crippen LogP contribution in [0.4, 0.5) is 0 Å². The van der Waals surface area contributed by atoms with Crippen LogP contribution >= 0.6 is 0 Å². The van der Waals surface area contributed by atoms with E-state index in [0.29, 0.717) is 6.42 Å². The quantitative estimate of drug-likeness (QED) is 0.743. The summed E-state index contributed by atoms with van der Waals surface area (Å²) in [5.41, 5.74) is 2.43. The molecule has 1 aromatic rings. The van der Waals surface area contributed by atoms with E-state index in [1.54, 1.807) is 0 Å². The summed E-state index contributed by atoms with van der Waals surface area (Å²) in [5, 5.41) is 17.9. The van der Waals surface area contributed by atoms with Crippen molar-refractivity contribution in [3.05, 3.63) is 35.4 Å². The fourth-order valence-corrected chi connectivity index (χ4v) is 1.56. The van der Waals surface area contributed by atoms with Crippen molar-refractivity contribution in [2.45, 2.75) is 19.8 Å². The van der Waals surface area contributed by atoms with Crippen LogP contribution in [0, 0.1) is 5.92 Å². The minimum Gasteiger partial charge on any atom is -0.396 e. The Hall–Kier alpha value is -0.860. The van der Waals surface area contributed by atoms with Gasteiger partial charge in [0.2, 0.25) is 0 Å². The molecule has 0 bridgehead atoms. The third-order valence-electron chi connectivity index (χ3n) is 2.38. The predicted octanol–water partition coefficient (Wildman–Crippen LogP) is 1.39. The summed E-state index contributed by atoms with van der Waals surface area (Å²) in [6.45, 7) is 2.42. The number of benzene rings is 1. The van der Waals surface area contributed by atoms with Crippen molar-refractivity contribution in [2.24, 2.45) is 5.92 Å². The van der Waals surface area contributed by atoms with E-state index in [9.17, 15) is 0 Å². The first-order valence-corrected chi connectivity index (χ1v) is 5.06. The van der Waals surface area contributed by atoms with Crippen LogP contribution in [0.15, 0.2) is 24.3 Å². The first kappa shape index (κ1) is 11.2. The Morgan fingerprint density at radius 3 is 2.36 bits per heavy atom. The maximum atomic E-state index is 8.97. The molecule has 2 N–H and O–H groups in total. The summed E-state index contributed by atoms with van der Waals surface area (Å²) in [5.74, 6) is 0.287. The first-order valence-electron chi connectivity index (χ1n) is 5.06. The maximum Gasteiger partial charge on any atom is 0.0471 e. The van der Waals surface area contributed by atoms with Gasteiger partial charge < -0.3 is 10.2 Å². The Kier molecular flexibility index (Phi) is 4.63. The number of rotatable bonds is 5. The highest BCUT2D eigenvalue weighted by molar-refractivity contribution is 5.27. The van der Waals surface area contributed by atoms with Gasteiger partial charge in [-0.3, -0.25) is 0 Å². The van der Waals surface area contributed by atoms with Gasteiger partial charge >= 0.3 is 0 Å². The van der Waals surface area contributed by atoms with E-state index in [1.807, 2.05) is 25.1 Å². The van der Waals surface area contributed by atoms with E-state index >= 15 is 0 Å². The average molecular weight is 194 g/mol. The number of hydrogen-bond donors (Lipinski definition) is 2. The summed E-state index contributed by atoms with van der Waals surface area (Å²) in [7, 11) is 0.